The van der Waals surface area contributed by atoms with Crippen molar-refractivity contribution in [2.24, 2.45) is 4.99 Å². The monoisotopic (exact) mass is 364 g/mol. The molecule has 1 saturated heterocycles. The highest BCUT2D eigenvalue weighted by atomic mass is 16.5. The molecule has 0 radical (unpaired) electrons. The minimum absolute atomic E-state index is 0.0467. The van der Waals surface area contributed by atoms with Crippen molar-refractivity contribution in [1.82, 2.24) is 25.1 Å². The number of aromatic nitrogens is 2. The van der Waals surface area contributed by atoms with E-state index in [9.17, 15) is 0 Å². The first-order valence-corrected chi connectivity index (χ1v) is 9.85. The molecular weight excluding hydrogens is 328 g/mol. The molecule has 0 unspecified atom stereocenters. The van der Waals surface area contributed by atoms with Gasteiger partial charge in [0.1, 0.15) is 5.82 Å². The van der Waals surface area contributed by atoms with Crippen molar-refractivity contribution in [3.8, 4) is 0 Å². The highest BCUT2D eigenvalue weighted by molar-refractivity contribution is 5.79. The van der Waals surface area contributed by atoms with Gasteiger partial charge in [-0.15, -0.1) is 0 Å². The lowest BCUT2D eigenvalue weighted by Gasteiger charge is -2.39. The van der Waals surface area contributed by atoms with E-state index < -0.39 is 0 Å². The van der Waals surface area contributed by atoms with Crippen LogP contribution in [0.4, 0.5) is 0 Å². The molecule has 1 aromatic heterocycles. The van der Waals surface area contributed by atoms with E-state index in [0.717, 1.165) is 77.1 Å². The van der Waals surface area contributed by atoms with Gasteiger partial charge in [-0.1, -0.05) is 0 Å². The van der Waals surface area contributed by atoms with Crippen molar-refractivity contribution < 1.29 is 4.74 Å². The van der Waals surface area contributed by atoms with E-state index in [1.54, 1.807) is 0 Å². The number of nitrogens with zero attached hydrogens (tertiary/aromatic N) is 4. The third kappa shape index (κ3) is 6.61. The summed E-state index contributed by atoms with van der Waals surface area (Å²) in [5, 5.41) is 6.81. The zero-order valence-corrected chi connectivity index (χ0v) is 16.9. The van der Waals surface area contributed by atoms with Crippen LogP contribution in [0.2, 0.25) is 0 Å². The Kier molecular flexibility index (Phi) is 8.38. The summed E-state index contributed by atoms with van der Waals surface area (Å²) in [7, 11) is 0. The van der Waals surface area contributed by atoms with Crippen molar-refractivity contribution in [3.63, 3.8) is 0 Å². The third-order valence-corrected chi connectivity index (χ3v) is 4.88. The summed E-state index contributed by atoms with van der Waals surface area (Å²) in [5.41, 5.74) is 0.0467. The predicted molar refractivity (Wildman–Crippen MR) is 107 cm³/mol. The molecule has 0 bridgehead atoms. The van der Waals surface area contributed by atoms with Crippen LogP contribution < -0.4 is 10.6 Å². The smallest absolute Gasteiger partial charge is 0.191 e. The van der Waals surface area contributed by atoms with E-state index in [-0.39, 0.29) is 5.54 Å². The van der Waals surface area contributed by atoms with Gasteiger partial charge in [0.15, 0.2) is 5.96 Å². The van der Waals surface area contributed by atoms with Crippen LogP contribution in [0.1, 0.15) is 39.4 Å². The van der Waals surface area contributed by atoms with Gasteiger partial charge in [0, 0.05) is 50.7 Å². The number of guanidine groups is 1. The Hall–Kier alpha value is -1.60. The normalized spacial score (nSPS) is 16.7. The Morgan fingerprint density at radius 2 is 2.04 bits per heavy atom. The molecule has 0 amide bonds. The number of aryl methyl sites for hydroxylation is 2. The largest absolute Gasteiger partial charge is 0.379 e. The maximum Gasteiger partial charge on any atom is 0.191 e. The summed E-state index contributed by atoms with van der Waals surface area (Å²) in [6.45, 7) is 15.9. The number of aliphatic imine (C=N–C) groups is 1. The van der Waals surface area contributed by atoms with Gasteiger partial charge in [-0.3, -0.25) is 9.89 Å². The van der Waals surface area contributed by atoms with Crippen LogP contribution >= 0.6 is 0 Å². The van der Waals surface area contributed by atoms with E-state index in [1.165, 1.54) is 0 Å². The van der Waals surface area contributed by atoms with Gasteiger partial charge in [-0.05, 0) is 40.5 Å². The fourth-order valence-corrected chi connectivity index (χ4v) is 3.14. The van der Waals surface area contributed by atoms with E-state index >= 15 is 0 Å². The maximum absolute atomic E-state index is 5.46. The Bertz CT molecular complexity index is 548. The molecule has 7 heteroatoms. The molecule has 2 N–H and O–H groups in total. The van der Waals surface area contributed by atoms with E-state index in [4.69, 9.17) is 9.73 Å². The van der Waals surface area contributed by atoms with E-state index in [2.05, 4.69) is 45.9 Å². The Labute approximate surface area is 158 Å². The number of ether oxygens (including phenoxy) is 1. The predicted octanol–water partition coefficient (Wildman–Crippen LogP) is 1.64. The summed E-state index contributed by atoms with van der Waals surface area (Å²) in [5.74, 6) is 1.99. The molecular formula is C19H36N6O. The van der Waals surface area contributed by atoms with Crippen LogP contribution in [0.15, 0.2) is 17.4 Å². The van der Waals surface area contributed by atoms with Gasteiger partial charge in [-0.2, -0.15) is 0 Å². The van der Waals surface area contributed by atoms with Crippen LogP contribution in [0.5, 0.6) is 0 Å². The molecule has 2 heterocycles. The number of nitrogens with one attached hydrogen (secondary N) is 2. The number of rotatable bonds is 9. The van der Waals surface area contributed by atoms with Crippen LogP contribution in [0.3, 0.4) is 0 Å². The van der Waals surface area contributed by atoms with Gasteiger partial charge in [0.25, 0.3) is 0 Å². The molecule has 0 aliphatic carbocycles. The molecule has 0 aromatic carbocycles. The van der Waals surface area contributed by atoms with Crippen LogP contribution in [0, 0.1) is 6.92 Å². The quantitative estimate of drug-likeness (QED) is 0.396. The average Bonchev–Trinajstić information content (AvgIpc) is 3.05. The lowest BCUT2D eigenvalue weighted by atomic mass is 10.0. The Balaban J connectivity index is 1.73. The maximum atomic E-state index is 5.46. The van der Waals surface area contributed by atoms with Gasteiger partial charge >= 0.3 is 0 Å². The van der Waals surface area contributed by atoms with Crippen molar-refractivity contribution in [2.45, 2.75) is 52.6 Å². The van der Waals surface area contributed by atoms with Crippen molar-refractivity contribution in [2.75, 3.05) is 45.9 Å². The van der Waals surface area contributed by atoms with Crippen LogP contribution in [0.25, 0.3) is 0 Å². The van der Waals surface area contributed by atoms with Crippen molar-refractivity contribution in [1.29, 1.82) is 0 Å². The summed E-state index contributed by atoms with van der Waals surface area (Å²) in [6.07, 6.45) is 6.14. The number of hydrogen-bond donors (Lipinski definition) is 2. The molecule has 148 valence electrons. The third-order valence-electron chi connectivity index (χ3n) is 4.88. The molecule has 7 nitrogen and oxygen atoms in total. The summed E-state index contributed by atoms with van der Waals surface area (Å²) >= 11 is 0. The molecule has 1 aliphatic heterocycles. The Morgan fingerprint density at radius 3 is 2.69 bits per heavy atom. The first-order valence-electron chi connectivity index (χ1n) is 9.85. The summed E-state index contributed by atoms with van der Waals surface area (Å²) in [4.78, 5) is 11.5. The molecule has 26 heavy (non-hydrogen) atoms. The Morgan fingerprint density at radius 1 is 1.27 bits per heavy atom. The zero-order valence-electron chi connectivity index (χ0n) is 16.9. The molecule has 0 atom stereocenters. The zero-order chi connectivity index (χ0) is 18.8. The summed E-state index contributed by atoms with van der Waals surface area (Å²) < 4.78 is 7.66. The molecule has 0 spiro atoms. The van der Waals surface area contributed by atoms with Gasteiger partial charge in [-0.25, -0.2) is 4.98 Å². The fourth-order valence-electron chi connectivity index (χ4n) is 3.14. The number of morpholine rings is 1. The minimum atomic E-state index is 0.0467. The second kappa shape index (κ2) is 10.5. The van der Waals surface area contributed by atoms with E-state index in [0.29, 0.717) is 0 Å². The number of hydrogen-bond acceptors (Lipinski definition) is 4. The molecule has 0 saturated carbocycles. The van der Waals surface area contributed by atoms with Crippen molar-refractivity contribution >= 4 is 5.96 Å². The number of unbranched alkanes of at least 4 members (excludes halogenated alkanes) is 1. The molecule has 1 aliphatic rings. The summed E-state index contributed by atoms with van der Waals surface area (Å²) in [6, 6.07) is 0. The highest BCUT2D eigenvalue weighted by Crippen LogP contribution is 2.16. The molecule has 1 aromatic rings. The first-order chi connectivity index (χ1) is 12.5. The lowest BCUT2D eigenvalue weighted by molar-refractivity contribution is -0.00683. The first kappa shape index (κ1) is 20.7. The average molecular weight is 365 g/mol. The molecule has 2 rings (SSSR count). The standard InChI is InChI=1S/C19H36N6O/c1-5-20-18(22-8-6-7-10-24-11-9-21-17(24)2)23-16-19(3,4)25-12-14-26-15-13-25/h9,11H,5-8,10,12-16H2,1-4H3,(H2,20,22,23). The number of imidazole rings is 1. The lowest BCUT2D eigenvalue weighted by Crippen LogP contribution is -2.52. The van der Waals surface area contributed by atoms with Crippen LogP contribution in [-0.4, -0.2) is 71.9 Å². The van der Waals surface area contributed by atoms with Crippen LogP contribution in [-0.2, 0) is 11.3 Å². The topological polar surface area (TPSA) is 66.7 Å². The van der Waals surface area contributed by atoms with Gasteiger partial charge in [0.2, 0.25) is 0 Å². The van der Waals surface area contributed by atoms with E-state index in [1.807, 2.05) is 19.3 Å². The highest BCUT2D eigenvalue weighted by Gasteiger charge is 2.28. The van der Waals surface area contributed by atoms with Crippen molar-refractivity contribution in [3.05, 3.63) is 18.2 Å². The minimum Gasteiger partial charge on any atom is -0.379 e. The van der Waals surface area contributed by atoms with Gasteiger partial charge in [0.05, 0.1) is 19.8 Å². The SMILES string of the molecule is CCNC(=NCC(C)(C)N1CCOCC1)NCCCCn1ccnc1C. The molecule has 1 fully saturated rings. The van der Waals surface area contributed by atoms with Gasteiger partial charge < -0.3 is 19.9 Å². The second-order valence-electron chi connectivity index (χ2n) is 7.41. The fraction of sp³-hybridized carbons (Fsp3) is 0.789. The second-order valence-corrected chi connectivity index (χ2v) is 7.41.